The maximum atomic E-state index is 2.38. The summed E-state index contributed by atoms with van der Waals surface area (Å²) in [6.45, 7) is 4.50. The van der Waals surface area contributed by atoms with Crippen molar-refractivity contribution in [2.75, 3.05) is 0 Å². The Hall–Kier alpha value is -3.72. The summed E-state index contributed by atoms with van der Waals surface area (Å²) >= 11 is 3.76. The van der Waals surface area contributed by atoms with Gasteiger partial charge in [0.25, 0.3) is 0 Å². The zero-order valence-electron chi connectivity index (χ0n) is 20.2. The first kappa shape index (κ1) is 21.6. The molecule has 0 unspecified atom stereocenters. The van der Waals surface area contributed by atoms with Crippen LogP contribution in [0.3, 0.4) is 0 Å². The third-order valence-corrected chi connectivity index (χ3v) is 9.80. The van der Waals surface area contributed by atoms with E-state index in [9.17, 15) is 0 Å². The normalized spacial score (nSPS) is 11.6. The molecule has 0 aliphatic heterocycles. The molecule has 7 rings (SSSR count). The number of thiophene rings is 2. The van der Waals surface area contributed by atoms with Gasteiger partial charge in [0, 0.05) is 19.5 Å². The van der Waals surface area contributed by atoms with Crippen LogP contribution in [0.1, 0.15) is 11.1 Å². The minimum atomic E-state index is 1.29. The van der Waals surface area contributed by atoms with Crippen molar-refractivity contribution in [3.8, 4) is 30.6 Å². The van der Waals surface area contributed by atoms with Crippen LogP contribution in [0.4, 0.5) is 0 Å². The lowest BCUT2D eigenvalue weighted by atomic mass is 9.92. The Bertz CT molecular complexity index is 1920. The number of aryl methyl sites for hydroxylation is 2. The van der Waals surface area contributed by atoms with Gasteiger partial charge in [0.2, 0.25) is 0 Å². The average molecular weight is 497 g/mol. The van der Waals surface area contributed by atoms with E-state index < -0.39 is 0 Å². The molecule has 2 heteroatoms. The number of hydrogen-bond acceptors (Lipinski definition) is 2. The largest absolute Gasteiger partial charge is 0.134 e. The lowest BCUT2D eigenvalue weighted by Gasteiger charge is -2.13. The molecule has 172 valence electrons. The van der Waals surface area contributed by atoms with Crippen molar-refractivity contribution in [1.29, 1.82) is 0 Å². The summed E-state index contributed by atoms with van der Waals surface area (Å²) in [5.41, 5.74) is 5.31. The van der Waals surface area contributed by atoms with Crippen LogP contribution in [0.15, 0.2) is 109 Å². The molecule has 0 N–H and O–H groups in total. The Labute approximate surface area is 219 Å². The number of rotatable bonds is 3. The first-order valence-electron chi connectivity index (χ1n) is 12.3. The first-order valence-corrected chi connectivity index (χ1v) is 13.9. The van der Waals surface area contributed by atoms with Crippen LogP contribution in [0.5, 0.6) is 0 Å². The maximum Gasteiger partial charge on any atom is 0.0449 e. The standard InChI is InChI=1S/C34H24S2/c1-21-27-9-5-6-10-28(27)22(2)30-20-26(13-14-29(21)30)32-16-18-34(36-32)33-17-15-31(35-33)25-12-11-23-7-3-4-8-24(23)19-25/h3-20H,1-2H3. The summed E-state index contributed by atoms with van der Waals surface area (Å²) in [4.78, 5) is 5.29. The van der Waals surface area contributed by atoms with Crippen LogP contribution in [-0.4, -0.2) is 0 Å². The van der Waals surface area contributed by atoms with Crippen LogP contribution in [0.2, 0.25) is 0 Å². The summed E-state index contributed by atoms with van der Waals surface area (Å²) < 4.78 is 0. The minimum Gasteiger partial charge on any atom is -0.134 e. The Balaban J connectivity index is 1.25. The molecule has 0 amide bonds. The van der Waals surface area contributed by atoms with Crippen molar-refractivity contribution in [2.24, 2.45) is 0 Å². The SMILES string of the molecule is Cc1c2ccccc2c(C)c2cc(-c3ccc(-c4ccc(-c5ccc6ccccc6c5)s4)s3)ccc12. The van der Waals surface area contributed by atoms with Gasteiger partial charge in [-0.1, -0.05) is 72.8 Å². The van der Waals surface area contributed by atoms with E-state index in [0.717, 1.165) is 0 Å². The molecular formula is C34H24S2. The highest BCUT2D eigenvalue weighted by molar-refractivity contribution is 7.25. The summed E-state index contributed by atoms with van der Waals surface area (Å²) in [7, 11) is 0. The quantitative estimate of drug-likeness (QED) is 0.213. The monoisotopic (exact) mass is 496 g/mol. The summed E-state index contributed by atoms with van der Waals surface area (Å²) in [5.74, 6) is 0. The van der Waals surface area contributed by atoms with Crippen molar-refractivity contribution >= 4 is 55.0 Å². The highest BCUT2D eigenvalue weighted by atomic mass is 32.1. The molecule has 0 aliphatic carbocycles. The first-order chi connectivity index (χ1) is 17.7. The molecular weight excluding hydrogens is 473 g/mol. The fourth-order valence-corrected chi connectivity index (χ4v) is 7.45. The van der Waals surface area contributed by atoms with Gasteiger partial charge in [-0.3, -0.25) is 0 Å². The van der Waals surface area contributed by atoms with Crippen molar-refractivity contribution in [2.45, 2.75) is 13.8 Å². The van der Waals surface area contributed by atoms with Gasteiger partial charge in [-0.2, -0.15) is 0 Å². The fourth-order valence-electron chi connectivity index (χ4n) is 5.36. The van der Waals surface area contributed by atoms with E-state index in [1.807, 2.05) is 22.7 Å². The van der Waals surface area contributed by atoms with Crippen molar-refractivity contribution in [3.05, 3.63) is 120 Å². The Morgan fingerprint density at radius 3 is 1.58 bits per heavy atom. The zero-order valence-corrected chi connectivity index (χ0v) is 21.8. The van der Waals surface area contributed by atoms with Crippen LogP contribution in [0.25, 0.3) is 63.0 Å². The molecule has 0 aliphatic rings. The second-order valence-corrected chi connectivity index (χ2v) is 11.6. The topological polar surface area (TPSA) is 0 Å². The van der Waals surface area contributed by atoms with E-state index in [0.29, 0.717) is 0 Å². The lowest BCUT2D eigenvalue weighted by molar-refractivity contribution is 1.52. The highest BCUT2D eigenvalue weighted by Gasteiger charge is 2.12. The van der Waals surface area contributed by atoms with Gasteiger partial charge >= 0.3 is 0 Å². The summed E-state index contributed by atoms with van der Waals surface area (Å²) in [5, 5.41) is 7.99. The van der Waals surface area contributed by atoms with Crippen molar-refractivity contribution in [3.63, 3.8) is 0 Å². The van der Waals surface area contributed by atoms with Gasteiger partial charge in [-0.05, 0) is 105 Å². The zero-order chi connectivity index (χ0) is 24.2. The number of fused-ring (bicyclic) bond motifs is 3. The van der Waals surface area contributed by atoms with Crippen molar-refractivity contribution < 1.29 is 0 Å². The van der Waals surface area contributed by atoms with Gasteiger partial charge in [-0.25, -0.2) is 0 Å². The van der Waals surface area contributed by atoms with E-state index >= 15 is 0 Å². The molecule has 36 heavy (non-hydrogen) atoms. The molecule has 0 radical (unpaired) electrons. The second kappa shape index (κ2) is 8.44. The van der Waals surface area contributed by atoms with Gasteiger partial charge in [0.1, 0.15) is 0 Å². The molecule has 0 nitrogen and oxygen atoms in total. The molecule has 0 bridgehead atoms. The van der Waals surface area contributed by atoms with Crippen molar-refractivity contribution in [1.82, 2.24) is 0 Å². The van der Waals surface area contributed by atoms with Crippen LogP contribution in [-0.2, 0) is 0 Å². The molecule has 0 saturated heterocycles. The molecule has 2 heterocycles. The lowest BCUT2D eigenvalue weighted by Crippen LogP contribution is -1.88. The van der Waals surface area contributed by atoms with Gasteiger partial charge in [0.05, 0.1) is 0 Å². The average Bonchev–Trinajstić information content (AvgIpc) is 3.62. The van der Waals surface area contributed by atoms with E-state index in [-0.39, 0.29) is 0 Å². The molecule has 0 spiro atoms. The molecule has 5 aromatic carbocycles. The van der Waals surface area contributed by atoms with Crippen LogP contribution in [0, 0.1) is 13.8 Å². The fraction of sp³-hybridized carbons (Fsp3) is 0.0588. The predicted molar refractivity (Wildman–Crippen MR) is 160 cm³/mol. The molecule has 0 saturated carbocycles. The van der Waals surface area contributed by atoms with E-state index in [1.54, 1.807) is 0 Å². The van der Waals surface area contributed by atoms with Gasteiger partial charge < -0.3 is 0 Å². The second-order valence-electron chi connectivity index (χ2n) is 9.45. The molecule has 7 aromatic rings. The molecule has 2 aromatic heterocycles. The van der Waals surface area contributed by atoms with E-state index in [2.05, 4.69) is 123 Å². The Kier molecular flexibility index (Phi) is 5.06. The third-order valence-electron chi connectivity index (χ3n) is 7.34. The van der Waals surface area contributed by atoms with Gasteiger partial charge in [-0.15, -0.1) is 22.7 Å². The van der Waals surface area contributed by atoms with Crippen LogP contribution >= 0.6 is 22.7 Å². The minimum absolute atomic E-state index is 1.29. The molecule has 0 fully saturated rings. The summed E-state index contributed by atoms with van der Waals surface area (Å²) in [6.07, 6.45) is 0. The Morgan fingerprint density at radius 1 is 0.389 bits per heavy atom. The van der Waals surface area contributed by atoms with Crippen LogP contribution < -0.4 is 0 Å². The van der Waals surface area contributed by atoms with E-state index in [1.165, 1.54) is 74.1 Å². The third kappa shape index (κ3) is 3.49. The summed E-state index contributed by atoms with van der Waals surface area (Å²) in [6, 6.07) is 40.2. The van der Waals surface area contributed by atoms with E-state index in [4.69, 9.17) is 0 Å². The predicted octanol–water partition coefficient (Wildman–Crippen LogP) is 10.9. The number of benzene rings is 5. The Morgan fingerprint density at radius 2 is 0.889 bits per heavy atom. The smallest absolute Gasteiger partial charge is 0.0449 e. The maximum absolute atomic E-state index is 2.38. The number of hydrogen-bond donors (Lipinski definition) is 0. The molecule has 0 atom stereocenters. The van der Waals surface area contributed by atoms with Gasteiger partial charge in [0.15, 0.2) is 0 Å². The highest BCUT2D eigenvalue weighted by Crippen LogP contribution is 2.42.